The zero-order chi connectivity index (χ0) is 16.2. The van der Waals surface area contributed by atoms with Gasteiger partial charge in [-0.05, 0) is 12.5 Å². The van der Waals surface area contributed by atoms with Crippen molar-refractivity contribution in [1.82, 2.24) is 14.2 Å². The van der Waals surface area contributed by atoms with Crippen LogP contribution in [0.2, 0.25) is 10.2 Å². The molecule has 118 valence electrons. The normalized spacial score (nSPS) is 11.7. The Kier molecular flexibility index (Phi) is 6.40. The monoisotopic (exact) mass is 353 g/mol. The molecular weight excluding hydrogens is 337 g/mol. The zero-order valence-electron chi connectivity index (χ0n) is 12.0. The molecule has 1 aromatic heterocycles. The van der Waals surface area contributed by atoms with Crippen molar-refractivity contribution in [2.45, 2.75) is 18.2 Å². The molecular formula is C12H17Cl2N3O3S. The molecule has 0 fully saturated rings. The van der Waals surface area contributed by atoms with Gasteiger partial charge >= 0.3 is 0 Å². The van der Waals surface area contributed by atoms with E-state index >= 15 is 0 Å². The smallest absolute Gasteiger partial charge is 0.245 e. The van der Waals surface area contributed by atoms with Crippen LogP contribution in [0.1, 0.15) is 13.3 Å². The van der Waals surface area contributed by atoms with Crippen molar-refractivity contribution in [2.75, 3.05) is 27.2 Å². The van der Waals surface area contributed by atoms with Crippen LogP contribution >= 0.6 is 23.2 Å². The standard InChI is InChI=1S/C12H17Cl2N3O3S/c1-4-5-17(8-11(18)16(2)3)21(19,20)9-6-10(13)12(14)15-7-9/h6-7H,4-5,8H2,1-3H3. The fraction of sp³-hybridized carbons (Fsp3) is 0.500. The lowest BCUT2D eigenvalue weighted by Crippen LogP contribution is -2.40. The van der Waals surface area contributed by atoms with E-state index < -0.39 is 10.0 Å². The van der Waals surface area contributed by atoms with Crippen LogP contribution in [-0.4, -0.2) is 55.7 Å². The van der Waals surface area contributed by atoms with Gasteiger partial charge in [-0.2, -0.15) is 4.31 Å². The van der Waals surface area contributed by atoms with E-state index in [9.17, 15) is 13.2 Å². The van der Waals surface area contributed by atoms with E-state index in [1.807, 2.05) is 6.92 Å². The van der Waals surface area contributed by atoms with Crippen molar-refractivity contribution >= 4 is 39.1 Å². The van der Waals surface area contributed by atoms with Crippen LogP contribution in [0.3, 0.4) is 0 Å². The van der Waals surface area contributed by atoms with E-state index in [4.69, 9.17) is 23.2 Å². The average Bonchev–Trinajstić information content (AvgIpc) is 2.40. The number of hydrogen-bond acceptors (Lipinski definition) is 4. The number of halogens is 2. The molecule has 0 bridgehead atoms. The Labute approximate surface area is 134 Å². The minimum absolute atomic E-state index is 0.0297. The van der Waals surface area contributed by atoms with Gasteiger partial charge in [0.1, 0.15) is 10.0 Å². The molecule has 6 nitrogen and oxygen atoms in total. The predicted octanol–water partition coefficient (Wildman–Crippen LogP) is 1.88. The van der Waals surface area contributed by atoms with Gasteiger partial charge in [-0.25, -0.2) is 13.4 Å². The molecule has 0 unspecified atom stereocenters. The molecule has 0 aliphatic heterocycles. The van der Waals surface area contributed by atoms with Gasteiger partial charge < -0.3 is 4.90 Å². The summed E-state index contributed by atoms with van der Waals surface area (Å²) in [7, 11) is -0.712. The number of sulfonamides is 1. The number of pyridine rings is 1. The van der Waals surface area contributed by atoms with Crippen LogP contribution in [0.15, 0.2) is 17.2 Å². The first-order valence-corrected chi connectivity index (χ1v) is 8.41. The highest BCUT2D eigenvalue weighted by atomic mass is 35.5. The van der Waals surface area contributed by atoms with Gasteiger partial charge in [-0.1, -0.05) is 30.1 Å². The first-order valence-electron chi connectivity index (χ1n) is 6.21. The summed E-state index contributed by atoms with van der Waals surface area (Å²) in [6.07, 6.45) is 1.71. The molecule has 0 N–H and O–H groups in total. The summed E-state index contributed by atoms with van der Waals surface area (Å²) in [6.45, 7) is 1.82. The fourth-order valence-electron chi connectivity index (χ4n) is 1.52. The van der Waals surface area contributed by atoms with Gasteiger partial charge in [0, 0.05) is 26.8 Å². The molecule has 0 aliphatic carbocycles. The molecule has 21 heavy (non-hydrogen) atoms. The Morgan fingerprint density at radius 1 is 1.33 bits per heavy atom. The molecule has 0 aromatic carbocycles. The molecule has 0 aliphatic rings. The molecule has 0 saturated heterocycles. The van der Waals surface area contributed by atoms with E-state index in [0.717, 1.165) is 10.5 Å². The highest BCUT2D eigenvalue weighted by Crippen LogP contribution is 2.24. The van der Waals surface area contributed by atoms with Crippen LogP contribution in [-0.2, 0) is 14.8 Å². The first kappa shape index (κ1) is 18.2. The van der Waals surface area contributed by atoms with E-state index in [2.05, 4.69) is 4.98 Å². The van der Waals surface area contributed by atoms with Gasteiger partial charge in [-0.15, -0.1) is 0 Å². The largest absolute Gasteiger partial charge is 0.348 e. The number of amides is 1. The SMILES string of the molecule is CCCN(CC(=O)N(C)C)S(=O)(=O)c1cnc(Cl)c(Cl)c1. The summed E-state index contributed by atoms with van der Waals surface area (Å²) in [5, 5.41) is 0.0788. The second kappa shape index (κ2) is 7.40. The summed E-state index contributed by atoms with van der Waals surface area (Å²) in [5.41, 5.74) is 0. The third-order valence-electron chi connectivity index (χ3n) is 2.69. The quantitative estimate of drug-likeness (QED) is 0.732. The summed E-state index contributed by atoms with van der Waals surface area (Å²) < 4.78 is 26.2. The van der Waals surface area contributed by atoms with Gasteiger partial charge in [-0.3, -0.25) is 4.79 Å². The third kappa shape index (κ3) is 4.54. The lowest BCUT2D eigenvalue weighted by molar-refractivity contribution is -0.128. The van der Waals surface area contributed by atoms with Crippen molar-refractivity contribution in [3.63, 3.8) is 0 Å². The van der Waals surface area contributed by atoms with Crippen LogP contribution < -0.4 is 0 Å². The van der Waals surface area contributed by atoms with Crippen molar-refractivity contribution in [2.24, 2.45) is 0 Å². The van der Waals surface area contributed by atoms with E-state index in [1.54, 1.807) is 14.1 Å². The number of hydrogen-bond donors (Lipinski definition) is 0. The minimum atomic E-state index is -3.85. The Balaban J connectivity index is 3.15. The number of carbonyl (C=O) groups excluding carboxylic acids is 1. The summed E-state index contributed by atoms with van der Waals surface area (Å²) in [4.78, 5) is 16.8. The highest BCUT2D eigenvalue weighted by Gasteiger charge is 2.27. The maximum absolute atomic E-state index is 12.6. The Bertz CT molecular complexity index is 620. The van der Waals surface area contributed by atoms with Crippen molar-refractivity contribution in [3.8, 4) is 0 Å². The summed E-state index contributed by atoms with van der Waals surface area (Å²) in [5.74, 6) is -0.306. The lowest BCUT2D eigenvalue weighted by Gasteiger charge is -2.22. The van der Waals surface area contributed by atoms with Gasteiger partial charge in [0.05, 0.1) is 11.6 Å². The summed E-state index contributed by atoms with van der Waals surface area (Å²) in [6, 6.07) is 1.23. The summed E-state index contributed by atoms with van der Waals surface area (Å²) >= 11 is 11.5. The van der Waals surface area contributed by atoms with Crippen molar-refractivity contribution in [3.05, 3.63) is 22.4 Å². The number of rotatable bonds is 6. The van der Waals surface area contributed by atoms with Gasteiger partial charge in [0.25, 0.3) is 0 Å². The maximum atomic E-state index is 12.6. The molecule has 0 saturated carbocycles. The van der Waals surface area contributed by atoms with Crippen LogP contribution in [0.4, 0.5) is 0 Å². The van der Waals surface area contributed by atoms with E-state index in [-0.39, 0.29) is 34.1 Å². The molecule has 1 rings (SSSR count). The maximum Gasteiger partial charge on any atom is 0.245 e. The van der Waals surface area contributed by atoms with Gasteiger partial charge in [0.15, 0.2) is 0 Å². The number of likely N-dealkylation sites (N-methyl/N-ethyl adjacent to an activating group) is 1. The fourth-order valence-corrected chi connectivity index (χ4v) is 3.31. The van der Waals surface area contributed by atoms with Crippen molar-refractivity contribution < 1.29 is 13.2 Å². The molecule has 1 amide bonds. The third-order valence-corrected chi connectivity index (χ3v) is 5.19. The molecule has 9 heteroatoms. The second-order valence-corrected chi connectivity index (χ2v) is 7.27. The number of carbonyl (C=O) groups is 1. The Hall–Kier alpha value is -0.890. The van der Waals surface area contributed by atoms with Crippen LogP contribution in [0.5, 0.6) is 0 Å². The molecule has 0 spiro atoms. The lowest BCUT2D eigenvalue weighted by atomic mass is 10.4. The molecule has 1 heterocycles. The minimum Gasteiger partial charge on any atom is -0.348 e. The molecule has 0 radical (unpaired) electrons. The van der Waals surface area contributed by atoms with Gasteiger partial charge in [0.2, 0.25) is 15.9 Å². The van der Waals surface area contributed by atoms with E-state index in [0.29, 0.717) is 6.42 Å². The topological polar surface area (TPSA) is 70.6 Å². The van der Waals surface area contributed by atoms with Crippen molar-refractivity contribution in [1.29, 1.82) is 0 Å². The highest BCUT2D eigenvalue weighted by molar-refractivity contribution is 7.89. The molecule has 1 aromatic rings. The van der Waals surface area contributed by atoms with E-state index in [1.165, 1.54) is 11.0 Å². The Morgan fingerprint density at radius 3 is 2.43 bits per heavy atom. The Morgan fingerprint density at radius 2 is 1.95 bits per heavy atom. The van der Waals surface area contributed by atoms with Crippen LogP contribution in [0, 0.1) is 0 Å². The second-order valence-electron chi connectivity index (χ2n) is 4.57. The van der Waals surface area contributed by atoms with Crippen LogP contribution in [0.25, 0.3) is 0 Å². The number of nitrogens with zero attached hydrogens (tertiary/aromatic N) is 3. The predicted molar refractivity (Wildman–Crippen MR) is 82.0 cm³/mol. The molecule has 0 atom stereocenters. The number of aromatic nitrogens is 1. The average molecular weight is 354 g/mol. The zero-order valence-corrected chi connectivity index (χ0v) is 14.3. The first-order chi connectivity index (χ1) is 9.70.